The van der Waals surface area contributed by atoms with Crippen LogP contribution < -0.4 is 0 Å². The average molecular weight is 631 g/mol. The molecule has 0 N–H and O–H groups in total. The van der Waals surface area contributed by atoms with E-state index in [4.69, 9.17) is 4.74 Å². The number of ether oxygens (including phenoxy) is 1. The van der Waals surface area contributed by atoms with Crippen molar-refractivity contribution in [3.05, 3.63) is 52.3 Å². The summed E-state index contributed by atoms with van der Waals surface area (Å²) < 4.78 is 37.1. The third-order valence-corrected chi connectivity index (χ3v) is 10.7. The van der Waals surface area contributed by atoms with Crippen molar-refractivity contribution in [2.45, 2.75) is 69.9 Å². The second kappa shape index (κ2) is 12.1. The first-order chi connectivity index (χ1) is 20.7. The Labute approximate surface area is 258 Å². The molecule has 240 valence electrons. The second-order valence-electron chi connectivity index (χ2n) is 13.6. The van der Waals surface area contributed by atoms with E-state index < -0.39 is 26.2 Å². The first kappa shape index (κ1) is 31.9. The van der Waals surface area contributed by atoms with Crippen molar-refractivity contribution in [2.24, 2.45) is 17.3 Å². The van der Waals surface area contributed by atoms with Gasteiger partial charge in [0.1, 0.15) is 5.60 Å². The van der Waals surface area contributed by atoms with E-state index in [1.165, 1.54) is 28.6 Å². The summed E-state index contributed by atoms with van der Waals surface area (Å²) in [6.45, 7) is 7.61. The monoisotopic (exact) mass is 630 g/mol. The summed E-state index contributed by atoms with van der Waals surface area (Å²) in [6.07, 6.45) is 6.57. The van der Waals surface area contributed by atoms with Gasteiger partial charge in [-0.05, 0) is 70.8 Å². The Morgan fingerprint density at radius 1 is 1.11 bits per heavy atom. The van der Waals surface area contributed by atoms with Gasteiger partial charge in [-0.1, -0.05) is 12.1 Å². The number of nitro benzene ring substituents is 1. The molecule has 44 heavy (non-hydrogen) atoms. The van der Waals surface area contributed by atoms with Crippen LogP contribution in [-0.2, 0) is 21.3 Å². The largest absolute Gasteiger partial charge is 0.444 e. The summed E-state index contributed by atoms with van der Waals surface area (Å²) in [7, 11) is -2.57. The Bertz CT molecular complexity index is 1510. The zero-order valence-electron chi connectivity index (χ0n) is 25.8. The number of amides is 2. The van der Waals surface area contributed by atoms with Crippen LogP contribution in [0.1, 0.15) is 63.2 Å². The molecule has 2 fully saturated rings. The summed E-state index contributed by atoms with van der Waals surface area (Å²) in [6, 6.07) is 5.46. The lowest BCUT2D eigenvalue weighted by Gasteiger charge is -2.37. The topological polar surface area (TPSA) is 148 Å². The van der Waals surface area contributed by atoms with Gasteiger partial charge in [-0.15, -0.1) is 0 Å². The lowest BCUT2D eigenvalue weighted by Crippen LogP contribution is -2.45. The summed E-state index contributed by atoms with van der Waals surface area (Å²) in [5.41, 5.74) is -0.940. The Morgan fingerprint density at radius 2 is 1.80 bits per heavy atom. The minimum absolute atomic E-state index is 0.111. The second-order valence-corrected chi connectivity index (χ2v) is 15.6. The molecule has 3 aliphatic rings. The number of likely N-dealkylation sites (tertiary alicyclic amines) is 1. The van der Waals surface area contributed by atoms with E-state index in [-0.39, 0.29) is 47.2 Å². The first-order valence-corrected chi connectivity index (χ1v) is 16.6. The fourth-order valence-corrected chi connectivity index (χ4v) is 8.16. The van der Waals surface area contributed by atoms with Crippen LogP contribution in [0, 0.1) is 27.4 Å². The number of nitrogens with zero attached hydrogens (tertiary/aromatic N) is 6. The van der Waals surface area contributed by atoms with Crippen molar-refractivity contribution in [3.63, 3.8) is 0 Å². The van der Waals surface area contributed by atoms with Gasteiger partial charge in [0, 0.05) is 64.0 Å². The highest BCUT2D eigenvalue weighted by Crippen LogP contribution is 2.49. The molecule has 1 unspecified atom stereocenters. The maximum atomic E-state index is 14.2. The highest BCUT2D eigenvalue weighted by atomic mass is 32.2. The molecule has 1 atom stereocenters. The number of para-hydroxylation sites is 1. The van der Waals surface area contributed by atoms with E-state index in [1.807, 2.05) is 20.8 Å². The van der Waals surface area contributed by atoms with Crippen LogP contribution in [0.25, 0.3) is 0 Å². The van der Waals surface area contributed by atoms with Gasteiger partial charge in [0.2, 0.25) is 10.0 Å². The van der Waals surface area contributed by atoms with Crippen LogP contribution in [0.2, 0.25) is 0 Å². The molecule has 2 aliphatic heterocycles. The van der Waals surface area contributed by atoms with Crippen molar-refractivity contribution in [1.82, 2.24) is 23.9 Å². The minimum Gasteiger partial charge on any atom is -0.444 e. The van der Waals surface area contributed by atoms with Gasteiger partial charge >= 0.3 is 6.09 Å². The number of hydrogen-bond donors (Lipinski definition) is 0. The highest BCUT2D eigenvalue weighted by molar-refractivity contribution is 7.89. The maximum absolute atomic E-state index is 14.2. The van der Waals surface area contributed by atoms with E-state index in [0.717, 1.165) is 25.7 Å². The molecule has 13 nitrogen and oxygen atoms in total. The van der Waals surface area contributed by atoms with Gasteiger partial charge in [-0.25, -0.2) is 13.2 Å². The number of fused-ring (bicyclic) bond motifs is 2. The molecule has 1 saturated heterocycles. The van der Waals surface area contributed by atoms with Crippen LogP contribution in [0.5, 0.6) is 0 Å². The lowest BCUT2D eigenvalue weighted by molar-refractivity contribution is -0.387. The Hall–Kier alpha value is -3.52. The number of nitro groups is 1. The van der Waals surface area contributed by atoms with Gasteiger partial charge in [-0.2, -0.15) is 9.40 Å². The fraction of sp³-hybridized carbons (Fsp3) is 0.633. The molecule has 1 aromatic carbocycles. The number of carbonyl (C=O) groups is 2. The molecule has 2 bridgehead atoms. The molecule has 14 heteroatoms. The lowest BCUT2D eigenvalue weighted by atomic mass is 9.86. The third kappa shape index (κ3) is 7.23. The van der Waals surface area contributed by atoms with E-state index in [9.17, 15) is 28.1 Å². The van der Waals surface area contributed by atoms with Crippen molar-refractivity contribution in [3.8, 4) is 0 Å². The Morgan fingerprint density at radius 3 is 2.43 bits per heavy atom. The molecule has 5 rings (SSSR count). The fourth-order valence-electron chi connectivity index (χ4n) is 6.37. The third-order valence-electron chi connectivity index (χ3n) is 8.80. The molecule has 1 aromatic heterocycles. The maximum Gasteiger partial charge on any atom is 0.410 e. The van der Waals surface area contributed by atoms with Gasteiger partial charge in [0.05, 0.1) is 16.7 Å². The predicted octanol–water partition coefficient (Wildman–Crippen LogP) is 4.00. The highest BCUT2D eigenvalue weighted by Gasteiger charge is 2.48. The van der Waals surface area contributed by atoms with E-state index in [0.29, 0.717) is 38.2 Å². The summed E-state index contributed by atoms with van der Waals surface area (Å²) in [5, 5.41) is 16.2. The molecule has 1 aliphatic carbocycles. The number of hydrogen-bond acceptors (Lipinski definition) is 8. The SMILES string of the molecule is CN1CC(CC2CCN(C(=O)OC(C)(C)C)CC2)CN(S(=O)(=O)c2ccccc2[N+](=O)[O-])CC2(CC2)Cn2cc(cn2)C1=O. The van der Waals surface area contributed by atoms with Crippen molar-refractivity contribution in [2.75, 3.05) is 39.8 Å². The Balaban J connectivity index is 1.43. The van der Waals surface area contributed by atoms with E-state index in [2.05, 4.69) is 5.10 Å². The van der Waals surface area contributed by atoms with Crippen LogP contribution in [0.15, 0.2) is 41.6 Å². The smallest absolute Gasteiger partial charge is 0.410 e. The van der Waals surface area contributed by atoms with Crippen LogP contribution in [0.4, 0.5) is 10.5 Å². The van der Waals surface area contributed by atoms with Crippen molar-refractivity contribution < 1.29 is 27.7 Å². The zero-order chi connectivity index (χ0) is 31.9. The average Bonchev–Trinajstić information content (AvgIpc) is 3.55. The number of rotatable bonds is 5. The predicted molar refractivity (Wildman–Crippen MR) is 161 cm³/mol. The number of benzene rings is 1. The summed E-state index contributed by atoms with van der Waals surface area (Å²) >= 11 is 0. The van der Waals surface area contributed by atoms with Gasteiger partial charge < -0.3 is 14.5 Å². The van der Waals surface area contributed by atoms with Crippen molar-refractivity contribution >= 4 is 27.7 Å². The number of carbonyl (C=O) groups excluding carboxylic acids is 2. The Kier molecular flexibility index (Phi) is 8.78. The molecule has 3 heterocycles. The van der Waals surface area contributed by atoms with E-state index >= 15 is 0 Å². The van der Waals surface area contributed by atoms with Gasteiger partial charge in [0.25, 0.3) is 11.6 Å². The van der Waals surface area contributed by atoms with Crippen molar-refractivity contribution in [1.29, 1.82) is 0 Å². The molecule has 0 radical (unpaired) electrons. The minimum atomic E-state index is -4.27. The molecule has 1 spiro atoms. The summed E-state index contributed by atoms with van der Waals surface area (Å²) in [5.74, 6) is -0.243. The standard InChI is InChI=1S/C30H42N6O7S/c1-29(2,3)43-28(38)33-13-9-22(10-14-33)15-23-17-32(4)27(37)24-16-31-34(19-24)20-30(11-12-30)21-35(18-23)44(41,42)26-8-6-5-7-25(26)36(39)40/h5-8,16,19,22-23H,9-15,17-18,20-21H2,1-4H3. The normalized spacial score (nSPS) is 21.9. The molecular formula is C30H42N6O7S. The molecule has 2 amide bonds. The number of aromatic nitrogens is 2. The van der Waals surface area contributed by atoms with Gasteiger partial charge in [0.15, 0.2) is 4.90 Å². The van der Waals surface area contributed by atoms with E-state index in [1.54, 1.807) is 33.9 Å². The quantitative estimate of drug-likeness (QED) is 0.356. The van der Waals surface area contributed by atoms with Crippen LogP contribution in [-0.4, -0.2) is 94.6 Å². The number of piperidine rings is 1. The first-order valence-electron chi connectivity index (χ1n) is 15.2. The molecular weight excluding hydrogens is 588 g/mol. The number of sulfonamides is 1. The van der Waals surface area contributed by atoms with Crippen LogP contribution >= 0.6 is 0 Å². The zero-order valence-corrected chi connectivity index (χ0v) is 26.7. The van der Waals surface area contributed by atoms with Gasteiger partial charge in [-0.3, -0.25) is 19.6 Å². The molecule has 2 aromatic rings. The molecule has 1 saturated carbocycles. The van der Waals surface area contributed by atoms with Crippen LogP contribution in [0.3, 0.4) is 0 Å². The summed E-state index contributed by atoms with van der Waals surface area (Å²) in [4.78, 5) is 40.1.